The number of halogens is 2. The van der Waals surface area contributed by atoms with E-state index in [1.54, 1.807) is 0 Å². The number of hydrogen-bond acceptors (Lipinski definition) is 4. The lowest BCUT2D eigenvalue weighted by molar-refractivity contribution is 0.0238. The second-order valence-electron chi connectivity index (χ2n) is 3.89. The minimum absolute atomic E-state index is 0.00294. The second kappa shape index (κ2) is 5.73. The van der Waals surface area contributed by atoms with Crippen LogP contribution in [0.25, 0.3) is 0 Å². The van der Waals surface area contributed by atoms with Crippen LogP contribution in [0.5, 0.6) is 11.5 Å². The van der Waals surface area contributed by atoms with Crippen LogP contribution in [0.4, 0.5) is 4.39 Å². The molecule has 2 rings (SSSR count). The van der Waals surface area contributed by atoms with Gasteiger partial charge in [0, 0.05) is 19.2 Å². The lowest BCUT2D eigenvalue weighted by atomic mass is 10.1. The highest BCUT2D eigenvalue weighted by Gasteiger charge is 2.28. The molecular weight excluding hydrogens is 261 g/mol. The Hall–Kier alpha value is -1.04. The van der Waals surface area contributed by atoms with Gasteiger partial charge in [-0.15, -0.1) is 0 Å². The summed E-state index contributed by atoms with van der Waals surface area (Å²) in [5.74, 6) is 0.198. The van der Waals surface area contributed by atoms with Crippen LogP contribution in [0.1, 0.15) is 11.7 Å². The molecule has 1 N–H and O–H groups in total. The molecule has 0 saturated carbocycles. The molecule has 1 aliphatic heterocycles. The molecule has 18 heavy (non-hydrogen) atoms. The van der Waals surface area contributed by atoms with E-state index in [9.17, 15) is 4.39 Å². The van der Waals surface area contributed by atoms with E-state index in [4.69, 9.17) is 25.8 Å². The molecule has 1 aromatic rings. The predicted octanol–water partition coefficient (Wildman–Crippen LogP) is 2.16. The first kappa shape index (κ1) is 13.4. The first-order valence-corrected chi connectivity index (χ1v) is 5.99. The molecule has 0 amide bonds. The molecule has 4 nitrogen and oxygen atoms in total. The van der Waals surface area contributed by atoms with Crippen molar-refractivity contribution in [3.05, 3.63) is 22.5 Å². The minimum Gasteiger partial charge on any atom is -0.493 e. The van der Waals surface area contributed by atoms with Crippen molar-refractivity contribution < 1.29 is 18.6 Å². The van der Waals surface area contributed by atoms with E-state index >= 15 is 0 Å². The summed E-state index contributed by atoms with van der Waals surface area (Å²) >= 11 is 5.86. The summed E-state index contributed by atoms with van der Waals surface area (Å²) in [5.41, 5.74) is 0.300. The van der Waals surface area contributed by atoms with Crippen LogP contribution in [0.15, 0.2) is 6.07 Å². The Morgan fingerprint density at radius 2 is 2.22 bits per heavy atom. The summed E-state index contributed by atoms with van der Waals surface area (Å²) < 4.78 is 30.1. The average molecular weight is 276 g/mol. The molecule has 100 valence electrons. The highest BCUT2D eigenvalue weighted by Crippen LogP contribution is 2.41. The number of morpholine rings is 1. The monoisotopic (exact) mass is 275 g/mol. The maximum atomic E-state index is 14.2. The van der Waals surface area contributed by atoms with E-state index in [1.165, 1.54) is 20.3 Å². The van der Waals surface area contributed by atoms with E-state index in [1.807, 2.05) is 0 Å². The third kappa shape index (κ3) is 2.39. The third-order valence-electron chi connectivity index (χ3n) is 2.85. The number of nitrogens with one attached hydrogen (secondary N) is 1. The third-order valence-corrected chi connectivity index (χ3v) is 3.12. The fourth-order valence-electron chi connectivity index (χ4n) is 2.01. The highest BCUT2D eigenvalue weighted by atomic mass is 35.5. The molecule has 1 unspecified atom stereocenters. The van der Waals surface area contributed by atoms with Crippen LogP contribution in [-0.4, -0.2) is 33.9 Å². The summed E-state index contributed by atoms with van der Waals surface area (Å²) in [7, 11) is 2.95. The largest absolute Gasteiger partial charge is 0.493 e. The molecule has 0 spiro atoms. The van der Waals surface area contributed by atoms with E-state index in [2.05, 4.69) is 5.32 Å². The van der Waals surface area contributed by atoms with E-state index < -0.39 is 11.9 Å². The molecule has 1 atom stereocenters. The number of methoxy groups -OCH3 is 2. The van der Waals surface area contributed by atoms with Gasteiger partial charge in [-0.2, -0.15) is 0 Å². The Bertz CT molecular complexity index is 436. The van der Waals surface area contributed by atoms with Gasteiger partial charge in [-0.1, -0.05) is 11.6 Å². The SMILES string of the molecule is COc1cc(Cl)c(F)c(C2CNCCO2)c1OC. The van der Waals surface area contributed by atoms with Gasteiger partial charge < -0.3 is 19.5 Å². The fourth-order valence-corrected chi connectivity index (χ4v) is 2.21. The van der Waals surface area contributed by atoms with Gasteiger partial charge in [0.05, 0.1) is 31.4 Å². The summed E-state index contributed by atoms with van der Waals surface area (Å²) in [4.78, 5) is 0. The van der Waals surface area contributed by atoms with Crippen molar-refractivity contribution in [2.24, 2.45) is 0 Å². The van der Waals surface area contributed by atoms with Crippen molar-refractivity contribution in [1.82, 2.24) is 5.32 Å². The van der Waals surface area contributed by atoms with Gasteiger partial charge in [0.25, 0.3) is 0 Å². The Labute approximate surface area is 110 Å². The molecule has 1 aromatic carbocycles. The molecule has 1 fully saturated rings. The lowest BCUT2D eigenvalue weighted by Gasteiger charge is -2.26. The molecule has 1 heterocycles. The molecule has 0 radical (unpaired) electrons. The zero-order chi connectivity index (χ0) is 13.1. The molecule has 1 saturated heterocycles. The standard InChI is InChI=1S/C12H15ClFNO3/c1-16-8-5-7(13)11(14)10(12(8)17-2)9-6-15-3-4-18-9/h5,9,15H,3-4,6H2,1-2H3. The molecule has 0 bridgehead atoms. The topological polar surface area (TPSA) is 39.7 Å². The Kier molecular flexibility index (Phi) is 4.27. The number of ether oxygens (including phenoxy) is 3. The van der Waals surface area contributed by atoms with Gasteiger partial charge in [0.1, 0.15) is 6.10 Å². The quantitative estimate of drug-likeness (QED) is 0.918. The van der Waals surface area contributed by atoms with E-state index in [-0.39, 0.29) is 5.02 Å². The van der Waals surface area contributed by atoms with Crippen LogP contribution in [0.2, 0.25) is 5.02 Å². The maximum Gasteiger partial charge on any atom is 0.169 e. The summed E-state index contributed by atoms with van der Waals surface area (Å²) in [6.07, 6.45) is -0.429. The zero-order valence-corrected chi connectivity index (χ0v) is 11.0. The van der Waals surface area contributed by atoms with Gasteiger partial charge in [-0.25, -0.2) is 4.39 Å². The molecule has 1 aliphatic rings. The van der Waals surface area contributed by atoms with Gasteiger partial charge >= 0.3 is 0 Å². The highest BCUT2D eigenvalue weighted by molar-refractivity contribution is 6.31. The maximum absolute atomic E-state index is 14.2. The molecule has 6 heteroatoms. The van der Waals surface area contributed by atoms with Gasteiger partial charge in [-0.3, -0.25) is 0 Å². The summed E-state index contributed by atoms with van der Waals surface area (Å²) in [5, 5.41) is 3.13. The van der Waals surface area contributed by atoms with Crippen LogP contribution < -0.4 is 14.8 Å². The lowest BCUT2D eigenvalue weighted by Crippen LogP contribution is -2.34. The number of benzene rings is 1. The first-order chi connectivity index (χ1) is 8.69. The van der Waals surface area contributed by atoms with E-state index in [0.717, 1.165) is 6.54 Å². The number of rotatable bonds is 3. The van der Waals surface area contributed by atoms with Gasteiger partial charge in [0.2, 0.25) is 0 Å². The van der Waals surface area contributed by atoms with E-state index in [0.29, 0.717) is 30.2 Å². The molecule has 0 aliphatic carbocycles. The van der Waals surface area contributed by atoms with Crippen molar-refractivity contribution in [2.45, 2.75) is 6.10 Å². The van der Waals surface area contributed by atoms with Crippen LogP contribution in [-0.2, 0) is 4.74 Å². The normalized spacial score (nSPS) is 19.7. The Morgan fingerprint density at radius 1 is 1.44 bits per heavy atom. The Morgan fingerprint density at radius 3 is 2.78 bits per heavy atom. The average Bonchev–Trinajstić information content (AvgIpc) is 2.42. The van der Waals surface area contributed by atoms with Crippen molar-refractivity contribution in [3.8, 4) is 11.5 Å². The summed E-state index contributed by atoms with van der Waals surface area (Å²) in [6, 6.07) is 1.40. The van der Waals surface area contributed by atoms with Crippen molar-refractivity contribution in [2.75, 3.05) is 33.9 Å². The fraction of sp³-hybridized carbons (Fsp3) is 0.500. The van der Waals surface area contributed by atoms with Gasteiger partial charge in [0.15, 0.2) is 17.3 Å². The Balaban J connectivity index is 2.51. The smallest absolute Gasteiger partial charge is 0.169 e. The zero-order valence-electron chi connectivity index (χ0n) is 10.3. The minimum atomic E-state index is -0.525. The van der Waals surface area contributed by atoms with Crippen molar-refractivity contribution in [3.63, 3.8) is 0 Å². The first-order valence-electron chi connectivity index (χ1n) is 5.61. The predicted molar refractivity (Wildman–Crippen MR) is 66.1 cm³/mol. The van der Waals surface area contributed by atoms with Gasteiger partial charge in [-0.05, 0) is 0 Å². The summed E-state index contributed by atoms with van der Waals surface area (Å²) in [6.45, 7) is 1.77. The van der Waals surface area contributed by atoms with Crippen LogP contribution >= 0.6 is 11.6 Å². The number of hydrogen-bond donors (Lipinski definition) is 1. The second-order valence-corrected chi connectivity index (χ2v) is 4.29. The van der Waals surface area contributed by atoms with Crippen LogP contribution in [0.3, 0.4) is 0 Å². The molecular formula is C12H15ClFNO3. The molecule has 0 aromatic heterocycles. The van der Waals surface area contributed by atoms with Crippen LogP contribution in [0, 0.1) is 5.82 Å². The van der Waals surface area contributed by atoms with Crippen molar-refractivity contribution in [1.29, 1.82) is 0 Å². The van der Waals surface area contributed by atoms with Crippen molar-refractivity contribution >= 4 is 11.6 Å².